The smallest absolute Gasteiger partial charge is 0.407 e. The summed E-state index contributed by atoms with van der Waals surface area (Å²) in [6.07, 6.45) is 5.85. The molecule has 4 amide bonds. The van der Waals surface area contributed by atoms with Crippen LogP contribution >= 0.6 is 0 Å². The highest BCUT2D eigenvalue weighted by molar-refractivity contribution is 5.87. The van der Waals surface area contributed by atoms with Gasteiger partial charge in [0, 0.05) is 24.3 Å². The Bertz CT molecular complexity index is 2430. The first kappa shape index (κ1) is 48.8. The van der Waals surface area contributed by atoms with E-state index in [1.54, 1.807) is 0 Å². The van der Waals surface area contributed by atoms with Crippen LogP contribution in [-0.4, -0.2) is 93.4 Å². The van der Waals surface area contributed by atoms with Crippen LogP contribution in [0.25, 0.3) is 22.5 Å². The molecule has 15 nitrogen and oxygen atoms in total. The SMILES string of the molecule is COC(=O)N[C@H](C(=O)N1CCC[C@H]1c1cc(-c2ccc([C@H]3CC[C@H](c4ccc(-c5cnc([C@@H]6CCCN6C(=O)[C@@H](NC(=O)OC)C(C)C)[nH]5)cc4)N3c3ccc(C(C)(C)C)cc3)cc2)n[nH]1)C(C)C. The molecule has 3 saturated heterocycles. The number of amides is 4. The summed E-state index contributed by atoms with van der Waals surface area (Å²) in [7, 11) is 2.60. The highest BCUT2D eigenvalue weighted by atomic mass is 16.5. The van der Waals surface area contributed by atoms with Gasteiger partial charge in [-0.15, -0.1) is 0 Å². The zero-order chi connectivity index (χ0) is 49.1. The van der Waals surface area contributed by atoms with E-state index in [0.29, 0.717) is 13.1 Å². The number of rotatable bonds is 13. The second-order valence-corrected chi connectivity index (χ2v) is 20.5. The van der Waals surface area contributed by atoms with E-state index in [9.17, 15) is 19.2 Å². The molecule has 8 rings (SSSR count). The quantitative estimate of drug-likeness (QED) is 0.0895. The maximum Gasteiger partial charge on any atom is 0.407 e. The van der Waals surface area contributed by atoms with Crippen molar-refractivity contribution in [3.63, 3.8) is 0 Å². The Morgan fingerprint density at radius 1 is 0.667 bits per heavy atom. The lowest BCUT2D eigenvalue weighted by Gasteiger charge is -2.34. The third-order valence-electron chi connectivity index (χ3n) is 14.3. The number of nitrogens with one attached hydrogen (secondary N) is 4. The number of imidazole rings is 1. The number of ether oxygens (including phenoxy) is 2. The number of anilines is 1. The van der Waals surface area contributed by atoms with E-state index >= 15 is 0 Å². The number of H-pyrrole nitrogens is 2. The lowest BCUT2D eigenvalue weighted by Crippen LogP contribution is -2.51. The highest BCUT2D eigenvalue weighted by Gasteiger charge is 2.40. The van der Waals surface area contributed by atoms with Crippen molar-refractivity contribution in [3.05, 3.63) is 113 Å². The number of hydrogen-bond acceptors (Lipinski definition) is 9. The number of carbonyl (C=O) groups is 4. The fourth-order valence-electron chi connectivity index (χ4n) is 10.5. The topological polar surface area (TPSA) is 178 Å². The Kier molecular flexibility index (Phi) is 14.5. The summed E-state index contributed by atoms with van der Waals surface area (Å²) >= 11 is 0. The first-order valence-electron chi connectivity index (χ1n) is 24.6. The zero-order valence-electron chi connectivity index (χ0n) is 41.5. The minimum atomic E-state index is -0.695. The molecule has 5 heterocycles. The zero-order valence-corrected chi connectivity index (χ0v) is 41.5. The first-order valence-corrected chi connectivity index (χ1v) is 24.6. The molecule has 6 atom stereocenters. The summed E-state index contributed by atoms with van der Waals surface area (Å²) in [5.41, 5.74) is 9.51. The minimum absolute atomic E-state index is 0.0280. The van der Waals surface area contributed by atoms with Crippen LogP contribution in [0.2, 0.25) is 0 Å². The molecule has 3 aromatic carbocycles. The Labute approximate surface area is 406 Å². The number of nitrogens with zero attached hydrogens (tertiary/aromatic N) is 5. The minimum Gasteiger partial charge on any atom is -0.453 e. The van der Waals surface area contributed by atoms with Crippen molar-refractivity contribution in [1.29, 1.82) is 0 Å². The summed E-state index contributed by atoms with van der Waals surface area (Å²) in [6, 6.07) is 27.1. The van der Waals surface area contributed by atoms with Gasteiger partial charge in [0.25, 0.3) is 0 Å². The normalized spacial score (nSPS) is 20.4. The van der Waals surface area contributed by atoms with Crippen LogP contribution in [0.1, 0.15) is 139 Å². The van der Waals surface area contributed by atoms with Crippen molar-refractivity contribution in [2.45, 2.75) is 129 Å². The van der Waals surface area contributed by atoms with Gasteiger partial charge in [0.2, 0.25) is 11.8 Å². The van der Waals surface area contributed by atoms with E-state index in [4.69, 9.17) is 19.6 Å². The Hall–Kier alpha value is -6.64. The number of likely N-dealkylation sites (tertiary alicyclic amines) is 2. The van der Waals surface area contributed by atoms with Crippen molar-refractivity contribution >= 4 is 29.7 Å². The standard InChI is InChI=1S/C54H69N9O6/c1-32(2)47(57-52(66)68-8)50(64)61-28-10-12-45(61)41-30-40(59-60-41)34-14-18-36(19-15-34)43-26-27-44(63(43)39-24-22-38(23-25-39)54(5,6)7)37-20-16-35(17-21-37)42-31-55-49(56-42)46-13-11-29-62(46)51(65)48(33(3)4)58-53(67)69-9/h14-25,30-33,43-48H,10-13,26-29H2,1-9H3,(H,55,56)(H,57,66)(H,58,67)(H,59,60)/t43-,44-,45+,46+,47+,48+/m1/s1. The van der Waals surface area contributed by atoms with Crippen molar-refractivity contribution in [3.8, 4) is 22.5 Å². The van der Waals surface area contributed by atoms with Gasteiger partial charge < -0.3 is 39.8 Å². The molecule has 2 aromatic heterocycles. The highest BCUT2D eigenvalue weighted by Crippen LogP contribution is 2.48. The largest absolute Gasteiger partial charge is 0.453 e. The summed E-state index contributed by atoms with van der Waals surface area (Å²) in [4.78, 5) is 66.3. The van der Waals surface area contributed by atoms with Crippen LogP contribution < -0.4 is 15.5 Å². The summed E-state index contributed by atoms with van der Waals surface area (Å²) in [5, 5.41) is 13.4. The molecular weight excluding hydrogens is 871 g/mol. The van der Waals surface area contributed by atoms with Gasteiger partial charge in [0.15, 0.2) is 0 Å². The van der Waals surface area contributed by atoms with Gasteiger partial charge in [0.1, 0.15) is 17.9 Å². The Balaban J connectivity index is 1.00. The van der Waals surface area contributed by atoms with E-state index in [-0.39, 0.29) is 53.2 Å². The summed E-state index contributed by atoms with van der Waals surface area (Å²) in [5.74, 6) is 0.265. The number of alkyl carbamates (subject to hydrolysis) is 2. The summed E-state index contributed by atoms with van der Waals surface area (Å²) in [6.45, 7) is 15.6. The molecule has 0 bridgehead atoms. The molecule has 0 unspecified atom stereocenters. The average Bonchev–Trinajstić information content (AvgIpc) is 4.21. The molecular formula is C54H69N9O6. The third kappa shape index (κ3) is 10.4. The number of methoxy groups -OCH3 is 2. The van der Waals surface area contributed by atoms with E-state index in [0.717, 1.165) is 72.6 Å². The number of hydrogen-bond donors (Lipinski definition) is 4. The molecule has 366 valence electrons. The van der Waals surface area contributed by atoms with Gasteiger partial charge in [-0.05, 0) is 96.2 Å². The van der Waals surface area contributed by atoms with Crippen molar-refractivity contribution in [2.24, 2.45) is 11.8 Å². The molecule has 0 spiro atoms. The van der Waals surface area contributed by atoms with Crippen molar-refractivity contribution in [2.75, 3.05) is 32.2 Å². The molecule has 3 aliphatic heterocycles. The van der Waals surface area contributed by atoms with Gasteiger partial charge in [-0.3, -0.25) is 14.7 Å². The van der Waals surface area contributed by atoms with E-state index in [2.05, 4.69) is 119 Å². The van der Waals surface area contributed by atoms with E-state index < -0.39 is 24.3 Å². The van der Waals surface area contributed by atoms with Crippen LogP contribution in [-0.2, 0) is 24.5 Å². The predicted molar refractivity (Wildman–Crippen MR) is 266 cm³/mol. The third-order valence-corrected chi connectivity index (χ3v) is 14.3. The molecule has 3 fully saturated rings. The van der Waals surface area contributed by atoms with Crippen LogP contribution in [0.15, 0.2) is 85.1 Å². The van der Waals surface area contributed by atoms with Crippen LogP contribution in [0.4, 0.5) is 15.3 Å². The summed E-state index contributed by atoms with van der Waals surface area (Å²) < 4.78 is 9.62. The molecule has 0 radical (unpaired) electrons. The Morgan fingerprint density at radius 2 is 1.17 bits per heavy atom. The fourth-order valence-corrected chi connectivity index (χ4v) is 10.5. The van der Waals surface area contributed by atoms with Gasteiger partial charge in [-0.2, -0.15) is 5.10 Å². The lowest BCUT2D eigenvalue weighted by molar-refractivity contribution is -0.136. The maximum atomic E-state index is 13.8. The van der Waals surface area contributed by atoms with E-state index in [1.807, 2.05) is 49.8 Å². The van der Waals surface area contributed by atoms with Crippen LogP contribution in [0.5, 0.6) is 0 Å². The molecule has 4 N–H and O–H groups in total. The van der Waals surface area contributed by atoms with Gasteiger partial charge in [-0.25, -0.2) is 14.6 Å². The maximum absolute atomic E-state index is 13.8. The lowest BCUT2D eigenvalue weighted by atomic mass is 9.87. The number of aromatic amines is 2. The predicted octanol–water partition coefficient (Wildman–Crippen LogP) is 9.94. The molecule has 3 aliphatic rings. The molecule has 15 heteroatoms. The van der Waals surface area contributed by atoms with Gasteiger partial charge in [-0.1, -0.05) is 109 Å². The van der Waals surface area contributed by atoms with Gasteiger partial charge in [0.05, 0.1) is 61.7 Å². The van der Waals surface area contributed by atoms with E-state index in [1.165, 1.54) is 36.6 Å². The monoisotopic (exact) mass is 940 g/mol. The van der Waals surface area contributed by atoms with Crippen molar-refractivity contribution in [1.82, 2.24) is 40.6 Å². The fraction of sp³-hybridized carbons (Fsp3) is 0.481. The van der Waals surface area contributed by atoms with Crippen LogP contribution in [0.3, 0.4) is 0 Å². The van der Waals surface area contributed by atoms with Gasteiger partial charge >= 0.3 is 12.2 Å². The second kappa shape index (κ2) is 20.5. The molecule has 5 aromatic rings. The van der Waals surface area contributed by atoms with Crippen LogP contribution in [0, 0.1) is 11.8 Å². The Morgan fingerprint density at radius 3 is 1.68 bits per heavy atom. The average molecular weight is 940 g/mol. The number of carbonyl (C=O) groups excluding carboxylic acids is 4. The number of aromatic nitrogens is 4. The molecule has 0 aliphatic carbocycles. The van der Waals surface area contributed by atoms with Crippen molar-refractivity contribution < 1.29 is 28.7 Å². The number of benzene rings is 3. The molecule has 0 saturated carbocycles. The first-order chi connectivity index (χ1) is 33.1. The second-order valence-electron chi connectivity index (χ2n) is 20.5. The molecule has 69 heavy (non-hydrogen) atoms.